The third-order valence-corrected chi connectivity index (χ3v) is 11.7. The Balaban J connectivity index is 1.07. The van der Waals surface area contributed by atoms with Crippen LogP contribution in [0, 0.1) is 0 Å². The van der Waals surface area contributed by atoms with Crippen LogP contribution in [0.4, 0.5) is 5.69 Å². The van der Waals surface area contributed by atoms with E-state index in [0.29, 0.717) is 6.67 Å². The van der Waals surface area contributed by atoms with E-state index < -0.39 is 5.41 Å². The molecule has 0 saturated heterocycles. The second-order valence-corrected chi connectivity index (χ2v) is 14.8. The zero-order chi connectivity index (χ0) is 37.8. The van der Waals surface area contributed by atoms with E-state index in [1.165, 1.54) is 33.4 Å². The number of hydrazone groups is 1. The standard InChI is InChI=1S/C52H38N4O/c1-5-18-35(19-6-1)43-32-44-39-26-13-15-30-45(39)52(37-22-9-3-10-23-37,38-24-11-4-12-25-38)46(44)33-47(43)53-34-56-51(36-20-7-2-8-21-36)54-50(55-56)42-29-17-28-41-40-27-14-16-31-48(40)57-49(41)42/h1-33,51,53H,34H2,(H,54,55). The van der Waals surface area contributed by atoms with Crippen LogP contribution in [0.1, 0.15) is 39.5 Å². The number of benzene rings is 8. The molecule has 0 radical (unpaired) electrons. The Kier molecular flexibility index (Phi) is 7.78. The maximum Gasteiger partial charge on any atom is 0.159 e. The van der Waals surface area contributed by atoms with Crippen molar-refractivity contribution in [3.05, 3.63) is 234 Å². The van der Waals surface area contributed by atoms with Crippen molar-refractivity contribution in [3.63, 3.8) is 0 Å². The second kappa shape index (κ2) is 13.4. The third kappa shape index (κ3) is 5.27. The molecular formula is C52H38N4O. The Labute approximate surface area is 331 Å². The normalized spacial score (nSPS) is 15.3. The first-order chi connectivity index (χ1) is 28.3. The minimum atomic E-state index is -0.515. The van der Waals surface area contributed by atoms with Crippen molar-refractivity contribution >= 4 is 33.5 Å². The molecule has 11 rings (SSSR count). The summed E-state index contributed by atoms with van der Waals surface area (Å²) in [6, 6.07) is 71.4. The Hall–Kier alpha value is -7.37. The van der Waals surface area contributed by atoms with Gasteiger partial charge in [-0.3, -0.25) is 0 Å². The lowest BCUT2D eigenvalue weighted by molar-refractivity contribution is 0.234. The minimum Gasteiger partial charge on any atom is -0.455 e. The van der Waals surface area contributed by atoms with Crippen molar-refractivity contribution in [2.45, 2.75) is 11.6 Å². The summed E-state index contributed by atoms with van der Waals surface area (Å²) in [5, 5.41) is 17.3. The first-order valence-corrected chi connectivity index (χ1v) is 19.5. The Morgan fingerprint density at radius 2 is 1.16 bits per heavy atom. The number of para-hydroxylation sites is 2. The molecule has 0 fully saturated rings. The average molecular weight is 735 g/mol. The fraction of sp³-hybridized carbons (Fsp3) is 0.0577. The monoisotopic (exact) mass is 734 g/mol. The molecule has 2 heterocycles. The van der Waals surface area contributed by atoms with Crippen molar-refractivity contribution in [1.29, 1.82) is 0 Å². The predicted octanol–water partition coefficient (Wildman–Crippen LogP) is 12.0. The van der Waals surface area contributed by atoms with Gasteiger partial charge >= 0.3 is 0 Å². The lowest BCUT2D eigenvalue weighted by Gasteiger charge is -2.34. The highest BCUT2D eigenvalue weighted by Gasteiger charge is 2.46. The van der Waals surface area contributed by atoms with Gasteiger partial charge in [-0.05, 0) is 68.8 Å². The maximum atomic E-state index is 6.47. The van der Waals surface area contributed by atoms with Gasteiger partial charge < -0.3 is 15.1 Å². The van der Waals surface area contributed by atoms with Crippen molar-refractivity contribution in [2.75, 3.05) is 12.0 Å². The van der Waals surface area contributed by atoms with Crippen LogP contribution in [0.15, 0.2) is 210 Å². The minimum absolute atomic E-state index is 0.208. The number of hydrogen-bond donors (Lipinski definition) is 2. The molecule has 57 heavy (non-hydrogen) atoms. The molecule has 1 aromatic heterocycles. The molecule has 272 valence electrons. The van der Waals surface area contributed by atoms with Crippen LogP contribution in [-0.2, 0) is 5.41 Å². The Morgan fingerprint density at radius 1 is 0.544 bits per heavy atom. The van der Waals surface area contributed by atoms with E-state index in [1.807, 2.05) is 12.1 Å². The predicted molar refractivity (Wildman–Crippen MR) is 232 cm³/mol. The smallest absolute Gasteiger partial charge is 0.159 e. The molecule has 8 aromatic carbocycles. The first-order valence-electron chi connectivity index (χ1n) is 19.5. The molecule has 0 spiro atoms. The van der Waals surface area contributed by atoms with E-state index in [4.69, 9.17) is 9.52 Å². The molecule has 0 saturated carbocycles. The largest absolute Gasteiger partial charge is 0.455 e. The van der Waals surface area contributed by atoms with Gasteiger partial charge in [-0.2, -0.15) is 5.10 Å². The van der Waals surface area contributed by atoms with Crippen LogP contribution in [0.3, 0.4) is 0 Å². The topological polar surface area (TPSA) is 52.8 Å². The number of nitrogens with zero attached hydrogens (tertiary/aromatic N) is 2. The molecule has 1 aliphatic carbocycles. The van der Waals surface area contributed by atoms with Gasteiger partial charge in [0.2, 0.25) is 0 Å². The molecule has 1 atom stereocenters. The summed E-state index contributed by atoms with van der Waals surface area (Å²) in [6.45, 7) is 0.446. The van der Waals surface area contributed by atoms with Crippen molar-refractivity contribution in [3.8, 4) is 22.3 Å². The van der Waals surface area contributed by atoms with Gasteiger partial charge in [0.25, 0.3) is 0 Å². The van der Waals surface area contributed by atoms with E-state index in [0.717, 1.165) is 55.7 Å². The molecule has 5 heteroatoms. The van der Waals surface area contributed by atoms with E-state index in [-0.39, 0.29) is 6.17 Å². The Morgan fingerprint density at radius 3 is 1.91 bits per heavy atom. The molecule has 1 aliphatic heterocycles. The van der Waals surface area contributed by atoms with Crippen molar-refractivity contribution < 1.29 is 4.42 Å². The zero-order valence-electron chi connectivity index (χ0n) is 31.1. The molecule has 2 N–H and O–H groups in total. The summed E-state index contributed by atoms with van der Waals surface area (Å²) in [4.78, 5) is 0. The molecule has 0 amide bonds. The van der Waals surface area contributed by atoms with Gasteiger partial charge in [-0.25, -0.2) is 5.01 Å². The van der Waals surface area contributed by atoms with Crippen LogP contribution >= 0.6 is 0 Å². The average Bonchev–Trinajstić information content (AvgIpc) is 3.97. The van der Waals surface area contributed by atoms with Crippen LogP contribution in [-0.4, -0.2) is 17.5 Å². The maximum absolute atomic E-state index is 6.47. The fourth-order valence-electron chi connectivity index (χ4n) is 9.16. The van der Waals surface area contributed by atoms with Crippen LogP contribution < -0.4 is 10.6 Å². The molecule has 0 bridgehead atoms. The Bertz CT molecular complexity index is 2900. The summed E-state index contributed by atoms with van der Waals surface area (Å²) in [5.74, 6) is 0.773. The summed E-state index contributed by atoms with van der Waals surface area (Å²) < 4.78 is 6.47. The van der Waals surface area contributed by atoms with E-state index in [9.17, 15) is 0 Å². The van der Waals surface area contributed by atoms with Gasteiger partial charge in [0.15, 0.2) is 5.84 Å². The van der Waals surface area contributed by atoms with E-state index in [2.05, 4.69) is 204 Å². The molecule has 1 unspecified atom stereocenters. The van der Waals surface area contributed by atoms with Crippen molar-refractivity contribution in [2.24, 2.45) is 5.10 Å². The summed E-state index contributed by atoms with van der Waals surface area (Å²) in [6.07, 6.45) is -0.208. The van der Waals surface area contributed by atoms with Gasteiger partial charge in [0.05, 0.1) is 11.0 Å². The SMILES string of the molecule is c1ccc(-c2cc3c(cc2NCN2N=C(c4cccc5c4oc4ccccc45)NC2c2ccccc2)C(c2ccccc2)(c2ccccc2)c2ccccc2-3)cc1. The molecule has 5 nitrogen and oxygen atoms in total. The van der Waals surface area contributed by atoms with E-state index in [1.54, 1.807) is 0 Å². The van der Waals surface area contributed by atoms with Gasteiger partial charge in [0, 0.05) is 22.0 Å². The van der Waals surface area contributed by atoms with Crippen LogP contribution in [0.5, 0.6) is 0 Å². The highest BCUT2D eigenvalue weighted by Crippen LogP contribution is 2.57. The highest BCUT2D eigenvalue weighted by atomic mass is 16.3. The van der Waals surface area contributed by atoms with Gasteiger partial charge in [-0.1, -0.05) is 176 Å². The highest BCUT2D eigenvalue weighted by molar-refractivity contribution is 6.15. The summed E-state index contributed by atoms with van der Waals surface area (Å²) >= 11 is 0. The lowest BCUT2D eigenvalue weighted by Crippen LogP contribution is -2.33. The number of furan rings is 1. The number of fused-ring (bicyclic) bond motifs is 6. The quantitative estimate of drug-likeness (QED) is 0.163. The second-order valence-electron chi connectivity index (χ2n) is 14.8. The summed E-state index contributed by atoms with van der Waals surface area (Å²) in [7, 11) is 0. The molecular weight excluding hydrogens is 697 g/mol. The molecule has 2 aliphatic rings. The van der Waals surface area contributed by atoms with E-state index >= 15 is 0 Å². The fourth-order valence-corrected chi connectivity index (χ4v) is 9.16. The van der Waals surface area contributed by atoms with Gasteiger partial charge in [-0.15, -0.1) is 0 Å². The summed E-state index contributed by atoms with van der Waals surface area (Å²) in [5.41, 5.74) is 14.1. The number of nitrogens with one attached hydrogen (secondary N) is 2. The van der Waals surface area contributed by atoms with Gasteiger partial charge in [0.1, 0.15) is 24.0 Å². The number of rotatable bonds is 8. The van der Waals surface area contributed by atoms with Crippen LogP contribution in [0.2, 0.25) is 0 Å². The number of amidine groups is 1. The zero-order valence-corrected chi connectivity index (χ0v) is 31.1. The third-order valence-electron chi connectivity index (χ3n) is 11.7. The lowest BCUT2D eigenvalue weighted by atomic mass is 9.67. The van der Waals surface area contributed by atoms with Crippen LogP contribution in [0.25, 0.3) is 44.2 Å². The van der Waals surface area contributed by atoms with Crippen molar-refractivity contribution in [1.82, 2.24) is 10.3 Å². The molecule has 9 aromatic rings. The number of hydrogen-bond acceptors (Lipinski definition) is 5. The number of anilines is 1. The first kappa shape index (κ1) is 33.0.